The van der Waals surface area contributed by atoms with Crippen molar-refractivity contribution in [2.45, 2.75) is 6.61 Å². The van der Waals surface area contributed by atoms with E-state index in [-0.39, 0.29) is 27.9 Å². The Morgan fingerprint density at radius 3 is 2.50 bits per heavy atom. The van der Waals surface area contributed by atoms with E-state index >= 15 is 0 Å². The molecule has 0 aliphatic heterocycles. The number of hydrogen-bond donors (Lipinski definition) is 1. The largest absolute Gasteiger partial charge is 0.457 e. The highest BCUT2D eigenvalue weighted by Crippen LogP contribution is 2.30. The monoisotopic (exact) mass is 373 g/mol. The lowest BCUT2D eigenvalue weighted by Crippen LogP contribution is -2.09. The van der Waals surface area contributed by atoms with Gasteiger partial charge in [0.1, 0.15) is 12.2 Å². The van der Waals surface area contributed by atoms with E-state index in [2.05, 4.69) is 15.9 Å². The molecule has 0 radical (unpaired) electrons. The van der Waals surface area contributed by atoms with Crippen LogP contribution in [0.5, 0.6) is 0 Å². The molecule has 104 valence electrons. The van der Waals surface area contributed by atoms with Crippen molar-refractivity contribution in [3.05, 3.63) is 62.0 Å². The van der Waals surface area contributed by atoms with Crippen LogP contribution in [0.4, 0.5) is 5.69 Å². The van der Waals surface area contributed by atoms with Crippen LogP contribution in [0, 0.1) is 0 Å². The number of anilines is 1. The summed E-state index contributed by atoms with van der Waals surface area (Å²) in [7, 11) is 0. The number of carbonyl (C=O) groups excluding carboxylic acids is 1. The summed E-state index contributed by atoms with van der Waals surface area (Å²) in [5.41, 5.74) is 6.81. The van der Waals surface area contributed by atoms with Crippen molar-refractivity contribution >= 4 is 50.8 Å². The van der Waals surface area contributed by atoms with Crippen LogP contribution in [-0.2, 0) is 11.3 Å². The Bertz CT molecular complexity index is 662. The average molecular weight is 375 g/mol. The molecule has 0 heterocycles. The molecule has 0 amide bonds. The summed E-state index contributed by atoms with van der Waals surface area (Å²) in [6.07, 6.45) is 0. The Morgan fingerprint density at radius 1 is 1.15 bits per heavy atom. The van der Waals surface area contributed by atoms with Gasteiger partial charge in [0.2, 0.25) is 0 Å². The summed E-state index contributed by atoms with van der Waals surface area (Å²) in [5, 5.41) is 0.478. The molecule has 6 heteroatoms. The number of benzene rings is 2. The van der Waals surface area contributed by atoms with Gasteiger partial charge in [-0.2, -0.15) is 0 Å². The molecule has 0 saturated heterocycles. The van der Waals surface area contributed by atoms with E-state index in [1.807, 2.05) is 24.3 Å². The molecular formula is C14H10BrCl2NO2. The van der Waals surface area contributed by atoms with E-state index < -0.39 is 5.97 Å². The van der Waals surface area contributed by atoms with E-state index in [0.29, 0.717) is 0 Å². The second-order valence-electron chi connectivity index (χ2n) is 3.99. The highest BCUT2D eigenvalue weighted by molar-refractivity contribution is 9.10. The third kappa shape index (κ3) is 3.26. The predicted octanol–water partition coefficient (Wildman–Crippen LogP) is 4.70. The van der Waals surface area contributed by atoms with E-state index in [0.717, 1.165) is 10.0 Å². The first-order chi connectivity index (χ1) is 9.50. The lowest BCUT2D eigenvalue weighted by atomic mass is 10.2. The summed E-state index contributed by atoms with van der Waals surface area (Å²) in [5.74, 6) is -0.606. The second-order valence-corrected chi connectivity index (χ2v) is 5.65. The van der Waals surface area contributed by atoms with Crippen LogP contribution < -0.4 is 5.73 Å². The summed E-state index contributed by atoms with van der Waals surface area (Å²) >= 11 is 15.2. The van der Waals surface area contributed by atoms with Gasteiger partial charge in [0.15, 0.2) is 0 Å². The fraction of sp³-hybridized carbons (Fsp3) is 0.0714. The summed E-state index contributed by atoms with van der Waals surface area (Å²) in [6, 6.07) is 10.5. The lowest BCUT2D eigenvalue weighted by molar-refractivity contribution is 0.0473. The van der Waals surface area contributed by atoms with E-state index in [9.17, 15) is 4.79 Å². The van der Waals surface area contributed by atoms with Crippen LogP contribution >= 0.6 is 39.1 Å². The zero-order chi connectivity index (χ0) is 14.7. The maximum Gasteiger partial charge on any atom is 0.342 e. The minimum atomic E-state index is -0.606. The quantitative estimate of drug-likeness (QED) is 0.626. The molecule has 0 aliphatic carbocycles. The van der Waals surface area contributed by atoms with Crippen LogP contribution in [0.3, 0.4) is 0 Å². The predicted molar refractivity (Wildman–Crippen MR) is 84.1 cm³/mol. The van der Waals surface area contributed by atoms with Crippen LogP contribution in [0.2, 0.25) is 10.0 Å². The van der Waals surface area contributed by atoms with Gasteiger partial charge < -0.3 is 10.5 Å². The van der Waals surface area contributed by atoms with Crippen LogP contribution in [0.25, 0.3) is 0 Å². The Morgan fingerprint density at radius 2 is 1.80 bits per heavy atom. The minimum Gasteiger partial charge on any atom is -0.457 e. The standard InChI is InChI=1S/C14H10BrCl2NO2/c15-9-4-2-1-3-8(9)7-20-14(19)12-10(16)5-6-11(17)13(12)18/h1-6H,7,18H2. The normalized spacial score (nSPS) is 10.3. The van der Waals surface area contributed by atoms with Gasteiger partial charge in [-0.3, -0.25) is 0 Å². The van der Waals surface area contributed by atoms with Crippen molar-refractivity contribution in [1.29, 1.82) is 0 Å². The highest BCUT2D eigenvalue weighted by Gasteiger charge is 2.18. The van der Waals surface area contributed by atoms with Crippen molar-refractivity contribution in [1.82, 2.24) is 0 Å². The van der Waals surface area contributed by atoms with Crippen molar-refractivity contribution in [3.8, 4) is 0 Å². The minimum absolute atomic E-state index is 0.0891. The van der Waals surface area contributed by atoms with Gasteiger partial charge in [0, 0.05) is 10.0 Å². The molecule has 0 fully saturated rings. The number of nitrogen functional groups attached to an aromatic ring is 1. The second kappa shape index (κ2) is 6.48. The lowest BCUT2D eigenvalue weighted by Gasteiger charge is -2.10. The number of nitrogens with two attached hydrogens (primary N) is 1. The van der Waals surface area contributed by atoms with Gasteiger partial charge in [0.05, 0.1) is 15.7 Å². The number of halogens is 3. The molecule has 0 bridgehead atoms. The number of carbonyl (C=O) groups is 1. The maximum absolute atomic E-state index is 12.1. The first-order valence-corrected chi connectivity index (χ1v) is 7.19. The molecule has 2 N–H and O–H groups in total. The fourth-order valence-electron chi connectivity index (χ4n) is 1.61. The van der Waals surface area contributed by atoms with E-state index in [4.69, 9.17) is 33.7 Å². The topological polar surface area (TPSA) is 52.3 Å². The van der Waals surface area contributed by atoms with Gasteiger partial charge >= 0.3 is 5.97 Å². The molecule has 0 unspecified atom stereocenters. The molecule has 0 aromatic heterocycles. The van der Waals surface area contributed by atoms with Crippen molar-refractivity contribution in [2.24, 2.45) is 0 Å². The van der Waals surface area contributed by atoms with Crippen molar-refractivity contribution in [2.75, 3.05) is 5.73 Å². The smallest absolute Gasteiger partial charge is 0.342 e. The number of rotatable bonds is 3. The van der Waals surface area contributed by atoms with Gasteiger partial charge in [-0.05, 0) is 18.2 Å². The summed E-state index contributed by atoms with van der Waals surface area (Å²) < 4.78 is 6.08. The molecule has 0 spiro atoms. The van der Waals surface area contributed by atoms with Gasteiger partial charge in [0.25, 0.3) is 0 Å². The molecule has 0 atom stereocenters. The van der Waals surface area contributed by atoms with Crippen LogP contribution in [-0.4, -0.2) is 5.97 Å². The molecule has 2 rings (SSSR count). The molecular weight excluding hydrogens is 365 g/mol. The Hall–Kier alpha value is -1.23. The van der Waals surface area contributed by atoms with E-state index in [1.165, 1.54) is 12.1 Å². The molecule has 3 nitrogen and oxygen atoms in total. The van der Waals surface area contributed by atoms with Gasteiger partial charge in [-0.1, -0.05) is 57.3 Å². The third-order valence-corrected chi connectivity index (χ3v) is 4.08. The Kier molecular flexibility index (Phi) is 4.91. The highest BCUT2D eigenvalue weighted by atomic mass is 79.9. The Labute approximate surface area is 134 Å². The molecule has 20 heavy (non-hydrogen) atoms. The first-order valence-electron chi connectivity index (χ1n) is 5.64. The molecule has 2 aromatic carbocycles. The third-order valence-electron chi connectivity index (χ3n) is 2.66. The molecule has 0 saturated carbocycles. The Balaban J connectivity index is 2.18. The van der Waals surface area contributed by atoms with Crippen molar-refractivity contribution < 1.29 is 9.53 Å². The number of ether oxygens (including phenoxy) is 1. The zero-order valence-electron chi connectivity index (χ0n) is 10.2. The maximum atomic E-state index is 12.1. The van der Waals surface area contributed by atoms with Crippen LogP contribution in [0.1, 0.15) is 15.9 Å². The fourth-order valence-corrected chi connectivity index (χ4v) is 2.40. The summed E-state index contributed by atoms with van der Waals surface area (Å²) in [4.78, 5) is 12.1. The first kappa shape index (κ1) is 15.2. The van der Waals surface area contributed by atoms with Crippen molar-refractivity contribution in [3.63, 3.8) is 0 Å². The van der Waals surface area contributed by atoms with Gasteiger partial charge in [-0.15, -0.1) is 0 Å². The number of esters is 1. The van der Waals surface area contributed by atoms with E-state index in [1.54, 1.807) is 0 Å². The number of hydrogen-bond acceptors (Lipinski definition) is 3. The molecule has 0 aliphatic rings. The zero-order valence-corrected chi connectivity index (χ0v) is 13.3. The summed E-state index contributed by atoms with van der Waals surface area (Å²) in [6.45, 7) is 0.114. The average Bonchev–Trinajstić information content (AvgIpc) is 2.42. The molecule has 2 aromatic rings. The SMILES string of the molecule is Nc1c(Cl)ccc(Cl)c1C(=O)OCc1ccccc1Br. The van der Waals surface area contributed by atoms with Crippen LogP contribution in [0.15, 0.2) is 40.9 Å². The van der Waals surface area contributed by atoms with Gasteiger partial charge in [-0.25, -0.2) is 4.79 Å².